The third kappa shape index (κ3) is 10.7. The molecule has 44 heavy (non-hydrogen) atoms. The highest BCUT2D eigenvalue weighted by Gasteiger charge is 2.26. The van der Waals surface area contributed by atoms with E-state index in [2.05, 4.69) is 21.3 Å². The Morgan fingerprint density at radius 2 is 1.39 bits per heavy atom. The van der Waals surface area contributed by atoms with Gasteiger partial charge in [0.2, 0.25) is 29.5 Å². The van der Waals surface area contributed by atoms with Gasteiger partial charge in [-0.05, 0) is 46.9 Å². The summed E-state index contributed by atoms with van der Waals surface area (Å²) in [6, 6.07) is 16.8. The quantitative estimate of drug-likeness (QED) is 0.123. The number of unbranched alkanes of at least 4 members (excludes halogenated alkanes) is 1. The zero-order valence-corrected chi connectivity index (χ0v) is 24.7. The zero-order valence-electron chi connectivity index (χ0n) is 24.7. The number of nitrogens with one attached hydrogen (secondary N) is 4. The molecule has 9 N–H and O–H groups in total. The van der Waals surface area contributed by atoms with Crippen LogP contribution in [0.25, 0.3) is 10.8 Å². The van der Waals surface area contributed by atoms with E-state index >= 15 is 0 Å². The van der Waals surface area contributed by atoms with Crippen molar-refractivity contribution in [1.82, 2.24) is 21.3 Å². The van der Waals surface area contributed by atoms with Gasteiger partial charge in [0.25, 0.3) is 0 Å². The number of hydrogen-bond donors (Lipinski definition) is 7. The lowest BCUT2D eigenvalue weighted by Gasteiger charge is -2.22. The molecule has 5 amide bonds. The van der Waals surface area contributed by atoms with Gasteiger partial charge in [0.05, 0.1) is 19.1 Å². The summed E-state index contributed by atoms with van der Waals surface area (Å²) in [5, 5.41) is 21.7. The second-order valence-corrected chi connectivity index (χ2v) is 10.6. The third-order valence-electron chi connectivity index (χ3n) is 6.97. The highest BCUT2D eigenvalue weighted by Crippen LogP contribution is 2.17. The fraction of sp³-hybridized carbons (Fsp3) is 0.344. The van der Waals surface area contributed by atoms with Crippen LogP contribution < -0.4 is 32.7 Å². The molecule has 0 aliphatic heterocycles. The minimum Gasteiger partial charge on any atom is -0.508 e. The van der Waals surface area contributed by atoms with E-state index in [1.807, 2.05) is 49.4 Å². The predicted molar refractivity (Wildman–Crippen MR) is 166 cm³/mol. The van der Waals surface area contributed by atoms with Crippen molar-refractivity contribution in [3.8, 4) is 5.75 Å². The van der Waals surface area contributed by atoms with Crippen molar-refractivity contribution >= 4 is 40.3 Å². The van der Waals surface area contributed by atoms with E-state index in [-0.39, 0.29) is 18.6 Å². The van der Waals surface area contributed by atoms with Crippen LogP contribution in [0.15, 0.2) is 66.7 Å². The Bertz CT molecular complexity index is 1460. The summed E-state index contributed by atoms with van der Waals surface area (Å²) >= 11 is 0. The number of amides is 5. The molecule has 0 aliphatic carbocycles. The Hall–Kier alpha value is -4.97. The van der Waals surface area contributed by atoms with E-state index in [4.69, 9.17) is 11.5 Å². The number of phenols is 1. The summed E-state index contributed by atoms with van der Waals surface area (Å²) in [5.74, 6) is -2.97. The van der Waals surface area contributed by atoms with Crippen LogP contribution in [0.5, 0.6) is 5.75 Å². The van der Waals surface area contributed by atoms with Crippen molar-refractivity contribution in [3.05, 3.63) is 77.9 Å². The second kappa shape index (κ2) is 16.6. The summed E-state index contributed by atoms with van der Waals surface area (Å²) in [5.41, 5.74) is 12.8. The molecule has 0 spiro atoms. The molecule has 12 heteroatoms. The number of aromatic hydroxyl groups is 1. The van der Waals surface area contributed by atoms with Crippen molar-refractivity contribution in [2.45, 2.75) is 57.2 Å². The molecule has 3 atom stereocenters. The normalized spacial score (nSPS) is 12.9. The topological polar surface area (TPSA) is 206 Å². The molecule has 3 unspecified atom stereocenters. The maximum atomic E-state index is 13.0. The van der Waals surface area contributed by atoms with E-state index in [0.717, 1.165) is 28.3 Å². The van der Waals surface area contributed by atoms with Gasteiger partial charge < -0.3 is 37.8 Å². The number of primary amides is 1. The number of rotatable bonds is 16. The lowest BCUT2D eigenvalue weighted by molar-refractivity contribution is -0.132. The largest absolute Gasteiger partial charge is 0.508 e. The molecular formula is C32H40N6O6. The van der Waals surface area contributed by atoms with Crippen LogP contribution in [0.4, 0.5) is 0 Å². The summed E-state index contributed by atoms with van der Waals surface area (Å²) in [7, 11) is 0. The highest BCUT2D eigenvalue weighted by molar-refractivity contribution is 5.94. The van der Waals surface area contributed by atoms with E-state index in [1.54, 1.807) is 12.1 Å². The van der Waals surface area contributed by atoms with Gasteiger partial charge >= 0.3 is 0 Å². The lowest BCUT2D eigenvalue weighted by Crippen LogP contribution is -2.54. The van der Waals surface area contributed by atoms with Crippen molar-refractivity contribution < 1.29 is 29.1 Å². The van der Waals surface area contributed by atoms with Crippen molar-refractivity contribution in [3.63, 3.8) is 0 Å². The molecule has 0 fully saturated rings. The molecule has 3 aromatic rings. The molecule has 3 aromatic carbocycles. The first-order chi connectivity index (χ1) is 21.0. The minimum atomic E-state index is -1.05. The number of hydrogen-bond acceptors (Lipinski definition) is 7. The highest BCUT2D eigenvalue weighted by atomic mass is 16.3. The summed E-state index contributed by atoms with van der Waals surface area (Å²) < 4.78 is 0. The number of phenolic OH excluding ortho intramolecular Hbond substituents is 1. The van der Waals surface area contributed by atoms with Crippen molar-refractivity contribution in [2.24, 2.45) is 11.5 Å². The lowest BCUT2D eigenvalue weighted by atomic mass is 10.0. The Morgan fingerprint density at radius 3 is 2.07 bits per heavy atom. The van der Waals surface area contributed by atoms with Crippen LogP contribution in [0, 0.1) is 0 Å². The standard InChI is InChI=1S/C32H40N6O6/c1-2-3-8-26(38-30(42)25(33)16-20-10-13-24(39)14-11-20)31(43)36-19-29(41)37-27(32(44)35-18-28(34)40)17-21-9-12-22-6-4-5-7-23(22)15-21/h4-7,9-15,25-27,39H,2-3,8,16-19,33H2,1H3,(H2,34,40)(H,35,44)(H,36,43)(H,37,41)(H,38,42). The van der Waals surface area contributed by atoms with Gasteiger partial charge in [0, 0.05) is 6.42 Å². The van der Waals surface area contributed by atoms with Gasteiger partial charge in [-0.3, -0.25) is 24.0 Å². The molecule has 0 aliphatic rings. The molecule has 0 radical (unpaired) electrons. The first-order valence-electron chi connectivity index (χ1n) is 14.5. The molecule has 0 heterocycles. The van der Waals surface area contributed by atoms with Gasteiger partial charge in [-0.1, -0.05) is 74.4 Å². The molecule has 0 bridgehead atoms. The molecule has 0 saturated carbocycles. The summed E-state index contributed by atoms with van der Waals surface area (Å²) in [4.78, 5) is 62.8. The van der Waals surface area contributed by atoms with Crippen LogP contribution in [0.1, 0.15) is 37.3 Å². The van der Waals surface area contributed by atoms with Gasteiger partial charge in [-0.2, -0.15) is 0 Å². The van der Waals surface area contributed by atoms with E-state index in [1.165, 1.54) is 12.1 Å². The summed E-state index contributed by atoms with van der Waals surface area (Å²) in [6.45, 7) is 1.10. The number of carbonyl (C=O) groups excluding carboxylic acids is 5. The van der Waals surface area contributed by atoms with Gasteiger partial charge in [0.15, 0.2) is 0 Å². The second-order valence-electron chi connectivity index (χ2n) is 10.6. The van der Waals surface area contributed by atoms with Crippen molar-refractivity contribution in [2.75, 3.05) is 13.1 Å². The van der Waals surface area contributed by atoms with Crippen LogP contribution in [-0.4, -0.2) is 65.9 Å². The van der Waals surface area contributed by atoms with Crippen LogP contribution in [0.2, 0.25) is 0 Å². The van der Waals surface area contributed by atoms with Gasteiger partial charge in [-0.25, -0.2) is 0 Å². The van der Waals surface area contributed by atoms with Crippen LogP contribution >= 0.6 is 0 Å². The number of carbonyl (C=O) groups is 5. The minimum absolute atomic E-state index is 0.0957. The van der Waals surface area contributed by atoms with Gasteiger partial charge in [0.1, 0.15) is 17.8 Å². The Balaban J connectivity index is 1.61. The number of fused-ring (bicyclic) bond motifs is 1. The fourth-order valence-corrected chi connectivity index (χ4v) is 4.58. The maximum Gasteiger partial charge on any atom is 0.243 e. The van der Waals surface area contributed by atoms with E-state index < -0.39 is 60.8 Å². The fourth-order valence-electron chi connectivity index (χ4n) is 4.58. The molecule has 12 nitrogen and oxygen atoms in total. The summed E-state index contributed by atoms with van der Waals surface area (Å²) in [6.07, 6.45) is 2.08. The Morgan fingerprint density at radius 1 is 0.750 bits per heavy atom. The average molecular weight is 605 g/mol. The number of benzene rings is 3. The predicted octanol–water partition coefficient (Wildman–Crippen LogP) is 0.535. The van der Waals surface area contributed by atoms with Gasteiger partial charge in [-0.15, -0.1) is 0 Å². The van der Waals surface area contributed by atoms with E-state index in [9.17, 15) is 29.1 Å². The molecule has 0 aromatic heterocycles. The monoisotopic (exact) mass is 604 g/mol. The first kappa shape index (κ1) is 33.5. The Kier molecular flexibility index (Phi) is 12.7. The maximum absolute atomic E-state index is 13.0. The zero-order chi connectivity index (χ0) is 32.1. The smallest absolute Gasteiger partial charge is 0.243 e. The number of nitrogens with two attached hydrogens (primary N) is 2. The molecule has 3 rings (SSSR count). The first-order valence-corrected chi connectivity index (χ1v) is 14.5. The average Bonchev–Trinajstić information content (AvgIpc) is 3.01. The molecule has 0 saturated heterocycles. The Labute approximate surface area is 255 Å². The molecular weight excluding hydrogens is 564 g/mol. The van der Waals surface area contributed by atoms with Crippen LogP contribution in [-0.2, 0) is 36.8 Å². The van der Waals surface area contributed by atoms with Crippen molar-refractivity contribution in [1.29, 1.82) is 0 Å². The van der Waals surface area contributed by atoms with E-state index in [0.29, 0.717) is 12.8 Å². The van der Waals surface area contributed by atoms with Crippen LogP contribution in [0.3, 0.4) is 0 Å². The SMILES string of the molecule is CCCCC(NC(=O)C(N)Cc1ccc(O)cc1)C(=O)NCC(=O)NC(Cc1ccc2ccccc2c1)C(=O)NCC(N)=O. The third-order valence-corrected chi connectivity index (χ3v) is 6.97. The molecule has 234 valence electrons.